The van der Waals surface area contributed by atoms with E-state index in [0.29, 0.717) is 4.90 Å². The highest BCUT2D eigenvalue weighted by atomic mass is 79.9. The topological polar surface area (TPSA) is 37.3 Å². The van der Waals surface area contributed by atoms with Crippen LogP contribution >= 0.6 is 27.3 Å². The largest absolute Gasteiger partial charge is 0.302 e. The average molecular weight is 227 g/mol. The third-order valence-electron chi connectivity index (χ3n) is 0.773. The third-order valence-corrected chi connectivity index (χ3v) is 3.57. The van der Waals surface area contributed by atoms with E-state index in [4.69, 9.17) is 4.55 Å². The van der Waals surface area contributed by atoms with Crippen LogP contribution in [0.2, 0.25) is 0 Å². The molecule has 0 saturated heterocycles. The molecular weight excluding hydrogens is 224 g/mol. The smallest absolute Gasteiger partial charge is 0.188 e. The second-order valence-electron chi connectivity index (χ2n) is 1.31. The molecule has 0 aromatic carbocycles. The maximum absolute atomic E-state index is 10.4. The molecule has 1 unspecified atom stereocenters. The molecule has 0 radical (unpaired) electrons. The van der Waals surface area contributed by atoms with Crippen molar-refractivity contribution < 1.29 is 8.76 Å². The lowest BCUT2D eigenvalue weighted by atomic mass is 10.7. The highest BCUT2D eigenvalue weighted by molar-refractivity contribution is 9.11. The standard InChI is InChI=1S/C4H3BrO2S2/c5-4-3(9(6)7)1-2-8-4/h1-2H,(H,6,7). The SMILES string of the molecule is O=S(O)c1ccsc1Br. The zero-order valence-corrected chi connectivity index (χ0v) is 7.42. The van der Waals surface area contributed by atoms with Gasteiger partial charge in [0.05, 0.1) is 8.68 Å². The summed E-state index contributed by atoms with van der Waals surface area (Å²) < 4.78 is 19.6. The molecule has 1 aromatic rings. The van der Waals surface area contributed by atoms with Gasteiger partial charge in [0.1, 0.15) is 0 Å². The molecule has 0 aliphatic heterocycles. The van der Waals surface area contributed by atoms with E-state index in [-0.39, 0.29) is 0 Å². The predicted octanol–water partition coefficient (Wildman–Crippen LogP) is 2.09. The molecule has 5 heteroatoms. The molecule has 1 heterocycles. The Balaban J connectivity index is 3.08. The van der Waals surface area contributed by atoms with Crippen LogP contribution in [-0.2, 0) is 11.1 Å². The van der Waals surface area contributed by atoms with Crippen LogP contribution < -0.4 is 0 Å². The first-order valence-corrected chi connectivity index (χ1v) is 4.83. The molecule has 0 spiro atoms. The van der Waals surface area contributed by atoms with Crippen molar-refractivity contribution in [2.24, 2.45) is 0 Å². The van der Waals surface area contributed by atoms with Crippen LogP contribution in [0.25, 0.3) is 0 Å². The number of hydrogen-bond donors (Lipinski definition) is 1. The Morgan fingerprint density at radius 2 is 2.44 bits per heavy atom. The van der Waals surface area contributed by atoms with Gasteiger partial charge < -0.3 is 4.55 Å². The second kappa shape index (κ2) is 2.92. The Hall–Kier alpha value is 0.290. The Labute approximate surface area is 67.3 Å². The van der Waals surface area contributed by atoms with Gasteiger partial charge in [-0.3, -0.25) is 0 Å². The molecule has 9 heavy (non-hydrogen) atoms. The quantitative estimate of drug-likeness (QED) is 0.746. The van der Waals surface area contributed by atoms with Gasteiger partial charge in [-0.25, -0.2) is 4.21 Å². The fraction of sp³-hybridized carbons (Fsp3) is 0. The highest BCUT2D eigenvalue weighted by Crippen LogP contribution is 2.25. The maximum Gasteiger partial charge on any atom is 0.188 e. The summed E-state index contributed by atoms with van der Waals surface area (Å²) in [6.07, 6.45) is 0. The van der Waals surface area contributed by atoms with Crippen molar-refractivity contribution in [2.75, 3.05) is 0 Å². The molecule has 1 aromatic heterocycles. The first-order valence-electron chi connectivity index (χ1n) is 2.05. The average Bonchev–Trinajstić information content (AvgIpc) is 2.13. The van der Waals surface area contributed by atoms with E-state index in [0.717, 1.165) is 3.79 Å². The molecule has 0 bridgehead atoms. The van der Waals surface area contributed by atoms with Gasteiger partial charge in [0, 0.05) is 0 Å². The molecule has 2 nitrogen and oxygen atoms in total. The first-order chi connectivity index (χ1) is 4.22. The Bertz CT molecular complexity index is 232. The molecule has 1 rings (SSSR count). The van der Waals surface area contributed by atoms with E-state index in [2.05, 4.69) is 15.9 Å². The van der Waals surface area contributed by atoms with E-state index in [1.807, 2.05) is 0 Å². The summed E-state index contributed by atoms with van der Waals surface area (Å²) in [7, 11) is 0. The van der Waals surface area contributed by atoms with Crippen molar-refractivity contribution in [1.29, 1.82) is 0 Å². The fourth-order valence-corrected chi connectivity index (χ4v) is 2.55. The van der Waals surface area contributed by atoms with E-state index in [9.17, 15) is 4.21 Å². The minimum atomic E-state index is -1.85. The van der Waals surface area contributed by atoms with Crippen molar-refractivity contribution in [3.05, 3.63) is 15.2 Å². The van der Waals surface area contributed by atoms with Crippen molar-refractivity contribution >= 4 is 38.3 Å². The first kappa shape index (κ1) is 7.40. The second-order valence-corrected chi connectivity index (χ2v) is 4.48. The molecule has 0 aliphatic carbocycles. The lowest BCUT2D eigenvalue weighted by Crippen LogP contribution is -1.83. The summed E-state index contributed by atoms with van der Waals surface area (Å²) in [4.78, 5) is 0.444. The van der Waals surface area contributed by atoms with Crippen molar-refractivity contribution in [2.45, 2.75) is 4.90 Å². The van der Waals surface area contributed by atoms with Gasteiger partial charge in [0.2, 0.25) is 0 Å². The summed E-state index contributed by atoms with van der Waals surface area (Å²) in [5, 5.41) is 1.76. The summed E-state index contributed by atoms with van der Waals surface area (Å²) in [6.45, 7) is 0. The van der Waals surface area contributed by atoms with Crippen molar-refractivity contribution in [1.82, 2.24) is 0 Å². The van der Waals surface area contributed by atoms with Crippen LogP contribution in [0.15, 0.2) is 20.1 Å². The van der Waals surface area contributed by atoms with E-state index < -0.39 is 11.1 Å². The van der Waals surface area contributed by atoms with Crippen LogP contribution in [0.1, 0.15) is 0 Å². The molecule has 1 N–H and O–H groups in total. The molecule has 0 aliphatic rings. The minimum absolute atomic E-state index is 0.444. The van der Waals surface area contributed by atoms with Gasteiger partial charge in [0.15, 0.2) is 11.1 Å². The van der Waals surface area contributed by atoms with Crippen LogP contribution in [0.5, 0.6) is 0 Å². The van der Waals surface area contributed by atoms with Gasteiger partial charge in [0.25, 0.3) is 0 Å². The lowest BCUT2D eigenvalue weighted by Gasteiger charge is -1.85. The Kier molecular flexibility index (Phi) is 2.40. The molecule has 1 atom stereocenters. The normalized spacial score (nSPS) is 13.6. The highest BCUT2D eigenvalue weighted by Gasteiger charge is 2.04. The zero-order valence-electron chi connectivity index (χ0n) is 4.20. The molecule has 0 fully saturated rings. The number of hydrogen-bond acceptors (Lipinski definition) is 2. The van der Waals surface area contributed by atoms with Crippen LogP contribution in [0.4, 0.5) is 0 Å². The number of thiophene rings is 1. The van der Waals surface area contributed by atoms with Crippen LogP contribution in [0.3, 0.4) is 0 Å². The molecule has 50 valence electrons. The molecular formula is C4H3BrO2S2. The monoisotopic (exact) mass is 226 g/mol. The Morgan fingerprint density at radius 1 is 1.78 bits per heavy atom. The van der Waals surface area contributed by atoms with E-state index in [1.165, 1.54) is 11.3 Å². The summed E-state index contributed by atoms with van der Waals surface area (Å²) >= 11 is 2.68. The van der Waals surface area contributed by atoms with Gasteiger partial charge >= 0.3 is 0 Å². The zero-order chi connectivity index (χ0) is 6.85. The molecule has 0 saturated carbocycles. The summed E-state index contributed by atoms with van der Waals surface area (Å²) in [6, 6.07) is 1.62. The van der Waals surface area contributed by atoms with Gasteiger partial charge in [-0.05, 0) is 27.4 Å². The lowest BCUT2D eigenvalue weighted by molar-refractivity contribution is 0.564. The summed E-state index contributed by atoms with van der Waals surface area (Å²) in [5.74, 6) is 0. The van der Waals surface area contributed by atoms with Crippen LogP contribution in [-0.4, -0.2) is 8.76 Å². The van der Waals surface area contributed by atoms with E-state index in [1.54, 1.807) is 11.4 Å². The summed E-state index contributed by atoms with van der Waals surface area (Å²) in [5.41, 5.74) is 0. The van der Waals surface area contributed by atoms with Gasteiger partial charge in [-0.2, -0.15) is 0 Å². The fourth-order valence-electron chi connectivity index (χ4n) is 0.406. The maximum atomic E-state index is 10.4. The predicted molar refractivity (Wildman–Crippen MR) is 41.1 cm³/mol. The van der Waals surface area contributed by atoms with Gasteiger partial charge in [-0.1, -0.05) is 0 Å². The van der Waals surface area contributed by atoms with E-state index >= 15 is 0 Å². The number of rotatable bonds is 1. The number of halogens is 1. The van der Waals surface area contributed by atoms with Crippen molar-refractivity contribution in [3.63, 3.8) is 0 Å². The van der Waals surface area contributed by atoms with Crippen LogP contribution in [0, 0.1) is 0 Å². The van der Waals surface area contributed by atoms with Crippen molar-refractivity contribution in [3.8, 4) is 0 Å². The Morgan fingerprint density at radius 3 is 2.67 bits per heavy atom. The third kappa shape index (κ3) is 1.61. The minimum Gasteiger partial charge on any atom is -0.302 e. The molecule has 0 amide bonds. The van der Waals surface area contributed by atoms with Gasteiger partial charge in [-0.15, -0.1) is 11.3 Å².